The SMILES string of the molecule is C#Cc1cccc2c1CCN2. The summed E-state index contributed by atoms with van der Waals surface area (Å²) in [6, 6.07) is 6.06. The predicted molar refractivity (Wildman–Crippen MR) is 46.6 cm³/mol. The number of nitrogens with one attached hydrogen (secondary N) is 1. The van der Waals surface area contributed by atoms with Crippen molar-refractivity contribution in [1.82, 2.24) is 0 Å². The fraction of sp³-hybridized carbons (Fsp3) is 0.200. The molecule has 1 aromatic rings. The van der Waals surface area contributed by atoms with Crippen LogP contribution in [-0.2, 0) is 6.42 Å². The summed E-state index contributed by atoms with van der Waals surface area (Å²) in [5.41, 5.74) is 3.54. The molecule has 0 aromatic heterocycles. The molecule has 0 saturated carbocycles. The molecule has 1 aliphatic heterocycles. The first-order chi connectivity index (χ1) is 5.42. The Morgan fingerprint density at radius 3 is 3.18 bits per heavy atom. The summed E-state index contributed by atoms with van der Waals surface area (Å²) in [5.74, 6) is 2.69. The van der Waals surface area contributed by atoms with E-state index in [9.17, 15) is 0 Å². The zero-order chi connectivity index (χ0) is 7.68. The quantitative estimate of drug-likeness (QED) is 0.544. The second kappa shape index (κ2) is 2.32. The lowest BCUT2D eigenvalue weighted by Gasteiger charge is -1.99. The largest absolute Gasteiger partial charge is 0.384 e. The molecule has 0 amide bonds. The average molecular weight is 143 g/mol. The van der Waals surface area contributed by atoms with Crippen molar-refractivity contribution in [3.8, 4) is 12.3 Å². The number of benzene rings is 1. The van der Waals surface area contributed by atoms with Crippen LogP contribution in [-0.4, -0.2) is 6.54 Å². The van der Waals surface area contributed by atoms with Crippen LogP contribution in [0.5, 0.6) is 0 Å². The van der Waals surface area contributed by atoms with Gasteiger partial charge >= 0.3 is 0 Å². The molecule has 0 spiro atoms. The topological polar surface area (TPSA) is 12.0 Å². The molecule has 54 valence electrons. The number of fused-ring (bicyclic) bond motifs is 1. The van der Waals surface area contributed by atoms with E-state index in [0.717, 1.165) is 18.5 Å². The van der Waals surface area contributed by atoms with Gasteiger partial charge in [-0.2, -0.15) is 0 Å². The highest BCUT2D eigenvalue weighted by Gasteiger charge is 2.11. The molecule has 0 bridgehead atoms. The van der Waals surface area contributed by atoms with E-state index in [1.54, 1.807) is 0 Å². The normalized spacial score (nSPS) is 13.4. The maximum Gasteiger partial charge on any atom is 0.0386 e. The molecule has 1 nitrogen and oxygen atoms in total. The average Bonchev–Trinajstić information content (AvgIpc) is 2.50. The van der Waals surface area contributed by atoms with Crippen LogP contribution in [0.4, 0.5) is 5.69 Å². The summed E-state index contributed by atoms with van der Waals surface area (Å²) in [6.45, 7) is 1.02. The van der Waals surface area contributed by atoms with Crippen molar-refractivity contribution in [2.45, 2.75) is 6.42 Å². The molecular formula is C10H9N. The van der Waals surface area contributed by atoms with Gasteiger partial charge in [0.25, 0.3) is 0 Å². The standard InChI is InChI=1S/C10H9N/c1-2-8-4-3-5-10-9(8)6-7-11-10/h1,3-5,11H,6-7H2. The number of rotatable bonds is 0. The molecule has 11 heavy (non-hydrogen) atoms. The first-order valence-corrected chi connectivity index (χ1v) is 3.74. The van der Waals surface area contributed by atoms with Crippen LogP contribution in [0.25, 0.3) is 0 Å². The van der Waals surface area contributed by atoms with Crippen LogP contribution in [0.3, 0.4) is 0 Å². The zero-order valence-corrected chi connectivity index (χ0v) is 6.22. The van der Waals surface area contributed by atoms with Crippen molar-refractivity contribution < 1.29 is 0 Å². The van der Waals surface area contributed by atoms with E-state index in [4.69, 9.17) is 6.42 Å². The molecule has 1 aromatic carbocycles. The lowest BCUT2D eigenvalue weighted by Crippen LogP contribution is -1.90. The van der Waals surface area contributed by atoms with Gasteiger partial charge < -0.3 is 5.32 Å². The molecule has 0 radical (unpaired) electrons. The lowest BCUT2D eigenvalue weighted by molar-refractivity contribution is 1.10. The molecule has 2 rings (SSSR count). The minimum absolute atomic E-state index is 1.02. The van der Waals surface area contributed by atoms with Gasteiger partial charge in [-0.05, 0) is 24.1 Å². The van der Waals surface area contributed by atoms with E-state index in [-0.39, 0.29) is 0 Å². The third-order valence-corrected chi connectivity index (χ3v) is 2.02. The molecule has 0 aliphatic carbocycles. The van der Waals surface area contributed by atoms with E-state index in [1.165, 1.54) is 11.3 Å². The van der Waals surface area contributed by atoms with Crippen molar-refractivity contribution in [2.24, 2.45) is 0 Å². The molecular weight excluding hydrogens is 134 g/mol. The maximum atomic E-state index is 5.35. The van der Waals surface area contributed by atoms with E-state index >= 15 is 0 Å². The highest BCUT2D eigenvalue weighted by Crippen LogP contribution is 2.24. The molecule has 0 saturated heterocycles. The van der Waals surface area contributed by atoms with Crippen LogP contribution < -0.4 is 5.32 Å². The van der Waals surface area contributed by atoms with Gasteiger partial charge in [0, 0.05) is 17.8 Å². The summed E-state index contributed by atoms with van der Waals surface area (Å²) in [5, 5.41) is 3.28. The van der Waals surface area contributed by atoms with E-state index < -0.39 is 0 Å². The second-order valence-corrected chi connectivity index (χ2v) is 2.65. The third kappa shape index (κ3) is 0.877. The van der Waals surface area contributed by atoms with Gasteiger partial charge in [-0.1, -0.05) is 12.0 Å². The Morgan fingerprint density at radius 1 is 1.45 bits per heavy atom. The number of anilines is 1. The minimum atomic E-state index is 1.02. The monoisotopic (exact) mass is 143 g/mol. The fourth-order valence-electron chi connectivity index (χ4n) is 1.48. The Bertz CT molecular complexity index is 320. The summed E-state index contributed by atoms with van der Waals surface area (Å²) in [4.78, 5) is 0. The van der Waals surface area contributed by atoms with Crippen molar-refractivity contribution in [2.75, 3.05) is 11.9 Å². The highest BCUT2D eigenvalue weighted by molar-refractivity contribution is 5.61. The lowest BCUT2D eigenvalue weighted by atomic mass is 10.1. The second-order valence-electron chi connectivity index (χ2n) is 2.65. The predicted octanol–water partition coefficient (Wildman–Crippen LogP) is 1.64. The molecule has 1 N–H and O–H groups in total. The molecule has 0 fully saturated rings. The van der Waals surface area contributed by atoms with E-state index in [2.05, 4.69) is 17.3 Å². The Kier molecular flexibility index (Phi) is 1.33. The summed E-state index contributed by atoms with van der Waals surface area (Å²) < 4.78 is 0. The first-order valence-electron chi connectivity index (χ1n) is 3.74. The number of hydrogen-bond acceptors (Lipinski definition) is 1. The van der Waals surface area contributed by atoms with Crippen LogP contribution in [0.1, 0.15) is 11.1 Å². The van der Waals surface area contributed by atoms with Gasteiger partial charge in [-0.15, -0.1) is 6.42 Å². The third-order valence-electron chi connectivity index (χ3n) is 2.02. The van der Waals surface area contributed by atoms with Gasteiger partial charge in [-0.25, -0.2) is 0 Å². The van der Waals surface area contributed by atoms with E-state index in [1.807, 2.05) is 12.1 Å². The Morgan fingerprint density at radius 2 is 2.36 bits per heavy atom. The molecule has 0 atom stereocenters. The molecule has 0 unspecified atom stereocenters. The smallest absolute Gasteiger partial charge is 0.0386 e. The van der Waals surface area contributed by atoms with Gasteiger partial charge in [0.1, 0.15) is 0 Å². The van der Waals surface area contributed by atoms with Crippen LogP contribution in [0.15, 0.2) is 18.2 Å². The van der Waals surface area contributed by atoms with E-state index in [0.29, 0.717) is 0 Å². The Hall–Kier alpha value is -1.42. The zero-order valence-electron chi connectivity index (χ0n) is 6.22. The maximum absolute atomic E-state index is 5.35. The van der Waals surface area contributed by atoms with Crippen molar-refractivity contribution in [1.29, 1.82) is 0 Å². The van der Waals surface area contributed by atoms with Gasteiger partial charge in [-0.3, -0.25) is 0 Å². The molecule has 1 aliphatic rings. The molecule has 1 heteroatoms. The van der Waals surface area contributed by atoms with Gasteiger partial charge in [0.15, 0.2) is 0 Å². The number of hydrogen-bond donors (Lipinski definition) is 1. The van der Waals surface area contributed by atoms with Gasteiger partial charge in [0.2, 0.25) is 0 Å². The van der Waals surface area contributed by atoms with Crippen LogP contribution in [0, 0.1) is 12.3 Å². The molecule has 1 heterocycles. The van der Waals surface area contributed by atoms with Crippen LogP contribution >= 0.6 is 0 Å². The minimum Gasteiger partial charge on any atom is -0.384 e. The summed E-state index contributed by atoms with van der Waals surface area (Å²) >= 11 is 0. The van der Waals surface area contributed by atoms with Crippen molar-refractivity contribution in [3.05, 3.63) is 29.3 Å². The van der Waals surface area contributed by atoms with Crippen molar-refractivity contribution >= 4 is 5.69 Å². The fourth-order valence-corrected chi connectivity index (χ4v) is 1.48. The summed E-state index contributed by atoms with van der Waals surface area (Å²) in [6.07, 6.45) is 6.41. The Labute approximate surface area is 66.4 Å². The van der Waals surface area contributed by atoms with Crippen molar-refractivity contribution in [3.63, 3.8) is 0 Å². The summed E-state index contributed by atoms with van der Waals surface area (Å²) in [7, 11) is 0. The number of terminal acetylenes is 1. The van der Waals surface area contributed by atoms with Crippen LogP contribution in [0.2, 0.25) is 0 Å². The highest BCUT2D eigenvalue weighted by atomic mass is 14.9. The van der Waals surface area contributed by atoms with Gasteiger partial charge in [0.05, 0.1) is 0 Å². The Balaban J connectivity index is 2.61. The first kappa shape index (κ1) is 6.30.